The lowest BCUT2D eigenvalue weighted by atomic mass is 10.0. The second-order valence-corrected chi connectivity index (χ2v) is 6.03. The molecule has 0 unspecified atom stereocenters. The van der Waals surface area contributed by atoms with E-state index in [0.29, 0.717) is 12.5 Å². The molecule has 19 heavy (non-hydrogen) atoms. The van der Waals surface area contributed by atoms with Gasteiger partial charge in [0.25, 0.3) is 0 Å². The lowest BCUT2D eigenvalue weighted by Crippen LogP contribution is -2.22. The van der Waals surface area contributed by atoms with Crippen LogP contribution in [0, 0.1) is 12.8 Å². The van der Waals surface area contributed by atoms with Crippen LogP contribution in [-0.4, -0.2) is 26.4 Å². The summed E-state index contributed by atoms with van der Waals surface area (Å²) >= 11 is 3.53. The van der Waals surface area contributed by atoms with Gasteiger partial charge in [-0.1, -0.05) is 15.9 Å². The Hall–Kier alpha value is -0.580. The van der Waals surface area contributed by atoms with E-state index >= 15 is 0 Å². The van der Waals surface area contributed by atoms with Gasteiger partial charge in [-0.2, -0.15) is 0 Å². The first kappa shape index (κ1) is 14.8. The molecule has 0 aliphatic carbocycles. The molecule has 0 amide bonds. The molecule has 2 rings (SSSR count). The van der Waals surface area contributed by atoms with Gasteiger partial charge in [-0.25, -0.2) is 0 Å². The fourth-order valence-corrected chi connectivity index (χ4v) is 3.08. The van der Waals surface area contributed by atoms with Gasteiger partial charge in [-0.3, -0.25) is 0 Å². The van der Waals surface area contributed by atoms with E-state index in [9.17, 15) is 0 Å². The van der Waals surface area contributed by atoms with E-state index in [4.69, 9.17) is 15.2 Å². The summed E-state index contributed by atoms with van der Waals surface area (Å²) in [6, 6.07) is 4.21. The molecule has 1 saturated heterocycles. The van der Waals surface area contributed by atoms with Crippen molar-refractivity contribution in [3.05, 3.63) is 27.7 Å². The number of benzene rings is 1. The number of aryl methyl sites for hydroxylation is 1. The Balaban J connectivity index is 2.05. The van der Waals surface area contributed by atoms with Crippen molar-refractivity contribution < 1.29 is 9.47 Å². The van der Waals surface area contributed by atoms with Crippen molar-refractivity contribution in [3.8, 4) is 5.75 Å². The molecule has 3 nitrogen and oxygen atoms in total. The molecule has 0 bridgehead atoms. The van der Waals surface area contributed by atoms with Crippen LogP contribution in [0.4, 0.5) is 0 Å². The molecule has 106 valence electrons. The van der Waals surface area contributed by atoms with Crippen LogP contribution >= 0.6 is 15.9 Å². The van der Waals surface area contributed by atoms with Crippen LogP contribution in [0.25, 0.3) is 0 Å². The molecule has 4 heteroatoms. The number of hydrogen-bond donors (Lipinski definition) is 1. The zero-order chi connectivity index (χ0) is 13.7. The average molecular weight is 328 g/mol. The zero-order valence-electron chi connectivity index (χ0n) is 11.5. The third-order valence-electron chi connectivity index (χ3n) is 3.53. The Kier molecular flexibility index (Phi) is 5.67. The summed E-state index contributed by atoms with van der Waals surface area (Å²) in [5.74, 6) is 1.63. The van der Waals surface area contributed by atoms with E-state index in [-0.39, 0.29) is 0 Å². The molecule has 2 N–H and O–H groups in total. The van der Waals surface area contributed by atoms with Crippen LogP contribution < -0.4 is 10.5 Å². The summed E-state index contributed by atoms with van der Waals surface area (Å²) in [7, 11) is 0. The molecule has 1 fully saturated rings. The molecule has 0 saturated carbocycles. The van der Waals surface area contributed by atoms with Crippen LogP contribution in [0.5, 0.6) is 5.75 Å². The number of hydrogen-bond acceptors (Lipinski definition) is 3. The van der Waals surface area contributed by atoms with E-state index in [2.05, 4.69) is 35.0 Å². The fourth-order valence-electron chi connectivity index (χ4n) is 2.46. The number of nitrogens with two attached hydrogens (primary N) is 1. The minimum absolute atomic E-state index is 0.613. The maximum Gasteiger partial charge on any atom is 0.125 e. The van der Waals surface area contributed by atoms with Crippen molar-refractivity contribution in [1.29, 1.82) is 0 Å². The van der Waals surface area contributed by atoms with Crippen LogP contribution in [0.15, 0.2) is 16.6 Å². The highest BCUT2D eigenvalue weighted by molar-refractivity contribution is 9.10. The predicted molar refractivity (Wildman–Crippen MR) is 80.7 cm³/mol. The highest BCUT2D eigenvalue weighted by Gasteiger charge is 2.16. The number of ether oxygens (including phenoxy) is 2. The van der Waals surface area contributed by atoms with Gasteiger partial charge in [0.2, 0.25) is 0 Å². The first-order valence-electron chi connectivity index (χ1n) is 6.90. The van der Waals surface area contributed by atoms with Crippen LogP contribution in [-0.2, 0) is 11.2 Å². The topological polar surface area (TPSA) is 44.5 Å². The summed E-state index contributed by atoms with van der Waals surface area (Å²) in [5.41, 5.74) is 8.05. The van der Waals surface area contributed by atoms with Crippen LogP contribution in [0.1, 0.15) is 24.0 Å². The Morgan fingerprint density at radius 3 is 2.79 bits per heavy atom. The third-order valence-corrected chi connectivity index (χ3v) is 3.99. The lowest BCUT2D eigenvalue weighted by Gasteiger charge is -2.23. The smallest absolute Gasteiger partial charge is 0.125 e. The van der Waals surface area contributed by atoms with Gasteiger partial charge in [0.15, 0.2) is 0 Å². The highest BCUT2D eigenvalue weighted by atomic mass is 79.9. The Bertz CT molecular complexity index is 417. The normalized spacial score (nSPS) is 16.6. The average Bonchev–Trinajstić information content (AvgIpc) is 2.39. The molecular formula is C15H22BrNO2. The van der Waals surface area contributed by atoms with Gasteiger partial charge in [0, 0.05) is 17.7 Å². The summed E-state index contributed by atoms with van der Waals surface area (Å²) in [6.45, 7) is 5.24. The molecule has 0 atom stereocenters. The van der Waals surface area contributed by atoms with E-state index < -0.39 is 0 Å². The van der Waals surface area contributed by atoms with Gasteiger partial charge >= 0.3 is 0 Å². The van der Waals surface area contributed by atoms with Crippen molar-refractivity contribution in [3.63, 3.8) is 0 Å². The van der Waals surface area contributed by atoms with Crippen molar-refractivity contribution in [2.75, 3.05) is 26.4 Å². The van der Waals surface area contributed by atoms with Gasteiger partial charge in [0.1, 0.15) is 5.75 Å². The molecule has 1 heterocycles. The predicted octanol–water partition coefficient (Wildman–Crippen LogP) is 3.06. The van der Waals surface area contributed by atoms with Crippen LogP contribution in [0.3, 0.4) is 0 Å². The lowest BCUT2D eigenvalue weighted by molar-refractivity contribution is 0.0495. The molecule has 1 aromatic carbocycles. The van der Waals surface area contributed by atoms with Crippen molar-refractivity contribution in [2.24, 2.45) is 11.7 Å². The van der Waals surface area contributed by atoms with E-state index in [1.54, 1.807) is 0 Å². The largest absolute Gasteiger partial charge is 0.493 e. The first-order valence-corrected chi connectivity index (χ1v) is 7.69. The third kappa shape index (κ3) is 4.20. The van der Waals surface area contributed by atoms with Gasteiger partial charge in [-0.05, 0) is 61.9 Å². The highest BCUT2D eigenvalue weighted by Crippen LogP contribution is 2.29. The standard InChI is InChI=1S/C15H22BrNO2/c1-11-8-14(16)9-13(2-5-17)15(11)19-10-12-3-6-18-7-4-12/h8-9,12H,2-7,10,17H2,1H3. The molecule has 1 aliphatic rings. The number of halogens is 1. The molecule has 1 aliphatic heterocycles. The fraction of sp³-hybridized carbons (Fsp3) is 0.600. The molecule has 0 radical (unpaired) electrons. The van der Waals surface area contributed by atoms with Crippen molar-refractivity contribution >= 4 is 15.9 Å². The SMILES string of the molecule is Cc1cc(Br)cc(CCN)c1OCC1CCOCC1. The Morgan fingerprint density at radius 2 is 2.11 bits per heavy atom. The van der Waals surface area contributed by atoms with E-state index in [0.717, 1.165) is 49.3 Å². The molecule has 0 spiro atoms. The maximum atomic E-state index is 6.08. The summed E-state index contributed by atoms with van der Waals surface area (Å²) in [4.78, 5) is 0. The Labute approximate surface area is 123 Å². The maximum absolute atomic E-state index is 6.08. The first-order chi connectivity index (χ1) is 9.20. The van der Waals surface area contributed by atoms with Crippen molar-refractivity contribution in [2.45, 2.75) is 26.2 Å². The molecule has 0 aromatic heterocycles. The zero-order valence-corrected chi connectivity index (χ0v) is 13.0. The quantitative estimate of drug-likeness (QED) is 0.903. The number of rotatable bonds is 5. The van der Waals surface area contributed by atoms with E-state index in [1.807, 2.05) is 0 Å². The second kappa shape index (κ2) is 7.27. The van der Waals surface area contributed by atoms with Gasteiger partial charge in [0.05, 0.1) is 6.61 Å². The van der Waals surface area contributed by atoms with Gasteiger partial charge in [-0.15, -0.1) is 0 Å². The molecular weight excluding hydrogens is 306 g/mol. The molecule has 1 aromatic rings. The minimum atomic E-state index is 0.613. The monoisotopic (exact) mass is 327 g/mol. The minimum Gasteiger partial charge on any atom is -0.493 e. The summed E-state index contributed by atoms with van der Waals surface area (Å²) in [5, 5.41) is 0. The van der Waals surface area contributed by atoms with Gasteiger partial charge < -0.3 is 15.2 Å². The summed E-state index contributed by atoms with van der Waals surface area (Å²) in [6.07, 6.45) is 3.05. The van der Waals surface area contributed by atoms with Crippen molar-refractivity contribution in [1.82, 2.24) is 0 Å². The Morgan fingerprint density at radius 1 is 1.37 bits per heavy atom. The van der Waals surface area contributed by atoms with E-state index in [1.165, 1.54) is 11.1 Å². The second-order valence-electron chi connectivity index (χ2n) is 5.12. The summed E-state index contributed by atoms with van der Waals surface area (Å²) < 4.78 is 12.5. The van der Waals surface area contributed by atoms with Crippen LogP contribution in [0.2, 0.25) is 0 Å².